The van der Waals surface area contributed by atoms with Gasteiger partial charge in [-0.25, -0.2) is 0 Å². The molecule has 0 aliphatic carbocycles. The minimum absolute atomic E-state index is 0.207. The molecule has 0 spiro atoms. The average Bonchev–Trinajstić information content (AvgIpc) is 3.05. The summed E-state index contributed by atoms with van der Waals surface area (Å²) in [6.45, 7) is 4.03. The van der Waals surface area contributed by atoms with Gasteiger partial charge in [0.1, 0.15) is 18.1 Å². The van der Waals surface area contributed by atoms with Gasteiger partial charge in [0, 0.05) is 11.8 Å². The van der Waals surface area contributed by atoms with Crippen molar-refractivity contribution in [1.82, 2.24) is 5.32 Å². The predicted octanol–water partition coefficient (Wildman–Crippen LogP) is 3.37. The van der Waals surface area contributed by atoms with E-state index in [-0.39, 0.29) is 11.0 Å². The van der Waals surface area contributed by atoms with Crippen LogP contribution in [0.25, 0.3) is 6.08 Å². The number of benzene rings is 1. The first kappa shape index (κ1) is 16.5. The van der Waals surface area contributed by atoms with E-state index in [2.05, 4.69) is 17.2 Å². The van der Waals surface area contributed by atoms with Crippen LogP contribution in [0.2, 0.25) is 0 Å². The molecule has 0 aliphatic heterocycles. The fourth-order valence-electron chi connectivity index (χ4n) is 1.65. The molecular formula is C17H16N2O3S. The Bertz CT molecular complexity index is 691. The Morgan fingerprint density at radius 2 is 2.09 bits per heavy atom. The third-order valence-corrected chi connectivity index (χ3v) is 2.86. The largest absolute Gasteiger partial charge is 0.490 e. The molecule has 0 aliphatic rings. The second kappa shape index (κ2) is 8.55. The lowest BCUT2D eigenvalue weighted by Gasteiger charge is -2.09. The fraction of sp³-hybridized carbons (Fsp3) is 0.0588. The molecule has 1 aromatic heterocycles. The number of carbonyl (C=O) groups excluding carboxylic acids is 1. The van der Waals surface area contributed by atoms with Crippen LogP contribution >= 0.6 is 12.2 Å². The minimum atomic E-state index is -0.343. The maximum atomic E-state index is 11.7. The summed E-state index contributed by atoms with van der Waals surface area (Å²) < 4.78 is 10.5. The molecule has 2 rings (SSSR count). The monoisotopic (exact) mass is 328 g/mol. The molecule has 5 nitrogen and oxygen atoms in total. The molecule has 0 radical (unpaired) electrons. The number of amides is 1. The average molecular weight is 328 g/mol. The van der Waals surface area contributed by atoms with E-state index < -0.39 is 0 Å². The second-order valence-corrected chi connectivity index (χ2v) is 4.82. The fourth-order valence-corrected chi connectivity index (χ4v) is 1.87. The van der Waals surface area contributed by atoms with Crippen molar-refractivity contribution in [2.45, 2.75) is 0 Å². The lowest BCUT2D eigenvalue weighted by atomic mass is 10.3. The summed E-state index contributed by atoms with van der Waals surface area (Å²) in [5, 5.41) is 5.67. The zero-order chi connectivity index (χ0) is 16.5. The highest BCUT2D eigenvalue weighted by molar-refractivity contribution is 7.80. The zero-order valence-electron chi connectivity index (χ0n) is 12.3. The number of hydrogen-bond acceptors (Lipinski definition) is 4. The van der Waals surface area contributed by atoms with Crippen molar-refractivity contribution in [2.75, 3.05) is 11.9 Å². The number of rotatable bonds is 6. The van der Waals surface area contributed by atoms with E-state index in [0.717, 1.165) is 11.4 Å². The summed E-state index contributed by atoms with van der Waals surface area (Å²) in [5.41, 5.74) is 0.747. The number of hydrogen-bond donors (Lipinski definition) is 2. The van der Waals surface area contributed by atoms with Crippen molar-refractivity contribution in [3.05, 3.63) is 67.2 Å². The van der Waals surface area contributed by atoms with Gasteiger partial charge >= 0.3 is 0 Å². The molecule has 1 aromatic carbocycles. The van der Waals surface area contributed by atoms with E-state index in [1.807, 2.05) is 0 Å². The Balaban J connectivity index is 1.81. The van der Waals surface area contributed by atoms with Crippen LogP contribution in [-0.2, 0) is 4.79 Å². The lowest BCUT2D eigenvalue weighted by molar-refractivity contribution is -0.115. The molecular weight excluding hydrogens is 312 g/mol. The zero-order valence-corrected chi connectivity index (χ0v) is 13.1. The van der Waals surface area contributed by atoms with Crippen LogP contribution in [-0.4, -0.2) is 17.6 Å². The van der Waals surface area contributed by atoms with Crippen molar-refractivity contribution in [1.29, 1.82) is 0 Å². The van der Waals surface area contributed by atoms with Gasteiger partial charge in [0.05, 0.1) is 6.26 Å². The van der Waals surface area contributed by atoms with Gasteiger partial charge in [0.25, 0.3) is 0 Å². The first-order valence-electron chi connectivity index (χ1n) is 6.84. The summed E-state index contributed by atoms with van der Waals surface area (Å²) in [6.07, 6.45) is 6.11. The Morgan fingerprint density at radius 1 is 1.30 bits per heavy atom. The molecule has 0 bridgehead atoms. The van der Waals surface area contributed by atoms with Crippen molar-refractivity contribution < 1.29 is 13.9 Å². The topological polar surface area (TPSA) is 63.5 Å². The van der Waals surface area contributed by atoms with Crippen LogP contribution in [0.3, 0.4) is 0 Å². The molecule has 0 unspecified atom stereocenters. The Hall–Kier alpha value is -2.86. The van der Waals surface area contributed by atoms with Crippen LogP contribution in [0.1, 0.15) is 5.76 Å². The molecule has 0 atom stereocenters. The highest BCUT2D eigenvalue weighted by Crippen LogP contribution is 2.15. The molecule has 6 heteroatoms. The second-order valence-electron chi connectivity index (χ2n) is 4.42. The number of nitrogens with one attached hydrogen (secondary N) is 2. The molecule has 0 saturated heterocycles. The molecule has 118 valence electrons. The van der Waals surface area contributed by atoms with Gasteiger partial charge in [0.2, 0.25) is 5.91 Å². The third kappa shape index (κ3) is 5.80. The molecule has 0 saturated carbocycles. The summed E-state index contributed by atoms with van der Waals surface area (Å²) >= 11 is 5.08. The van der Waals surface area contributed by atoms with E-state index in [1.165, 1.54) is 12.3 Å². The predicted molar refractivity (Wildman–Crippen MR) is 94.2 cm³/mol. The summed E-state index contributed by atoms with van der Waals surface area (Å²) in [4.78, 5) is 11.7. The highest BCUT2D eigenvalue weighted by atomic mass is 32.1. The van der Waals surface area contributed by atoms with E-state index in [0.29, 0.717) is 12.4 Å². The van der Waals surface area contributed by atoms with Crippen LogP contribution in [0.15, 0.2) is 65.8 Å². The van der Waals surface area contributed by atoms with Crippen molar-refractivity contribution in [2.24, 2.45) is 0 Å². The number of carbonyl (C=O) groups is 1. The summed E-state index contributed by atoms with van der Waals surface area (Å²) in [7, 11) is 0. The van der Waals surface area contributed by atoms with Crippen molar-refractivity contribution in [3.8, 4) is 5.75 Å². The van der Waals surface area contributed by atoms with Crippen LogP contribution in [0.5, 0.6) is 5.75 Å². The van der Waals surface area contributed by atoms with Gasteiger partial charge in [-0.2, -0.15) is 0 Å². The van der Waals surface area contributed by atoms with Gasteiger partial charge in [-0.1, -0.05) is 12.7 Å². The van der Waals surface area contributed by atoms with E-state index in [9.17, 15) is 4.79 Å². The van der Waals surface area contributed by atoms with E-state index >= 15 is 0 Å². The van der Waals surface area contributed by atoms with Gasteiger partial charge < -0.3 is 14.5 Å². The van der Waals surface area contributed by atoms with Crippen molar-refractivity contribution >= 4 is 35.0 Å². The normalized spacial score (nSPS) is 10.3. The first-order chi connectivity index (χ1) is 11.2. The third-order valence-electron chi connectivity index (χ3n) is 2.66. The van der Waals surface area contributed by atoms with Crippen LogP contribution in [0, 0.1) is 0 Å². The molecule has 2 N–H and O–H groups in total. The first-order valence-corrected chi connectivity index (χ1v) is 7.25. The SMILES string of the molecule is C=CCOc1ccc(NC(=S)NC(=O)/C=C/c2ccco2)cc1. The summed E-state index contributed by atoms with van der Waals surface area (Å²) in [5.74, 6) is 0.978. The van der Waals surface area contributed by atoms with Gasteiger partial charge in [-0.3, -0.25) is 10.1 Å². The van der Waals surface area contributed by atoms with Crippen LogP contribution < -0.4 is 15.4 Å². The number of ether oxygens (including phenoxy) is 1. The number of furan rings is 1. The van der Waals surface area contributed by atoms with Crippen molar-refractivity contribution in [3.63, 3.8) is 0 Å². The number of thiocarbonyl (C=S) groups is 1. The van der Waals surface area contributed by atoms with Gasteiger partial charge in [0.15, 0.2) is 5.11 Å². The molecule has 0 fully saturated rings. The Morgan fingerprint density at radius 3 is 2.74 bits per heavy atom. The molecule has 1 amide bonds. The molecule has 23 heavy (non-hydrogen) atoms. The van der Waals surface area contributed by atoms with Gasteiger partial charge in [-0.15, -0.1) is 0 Å². The standard InChI is InChI=1S/C17H16N2O3S/c1-2-11-21-15-7-5-13(6-8-15)18-17(23)19-16(20)10-9-14-4-3-12-22-14/h2-10,12H,1,11H2,(H2,18,19,20,23)/b10-9+. The number of anilines is 1. The maximum Gasteiger partial charge on any atom is 0.250 e. The Kier molecular flexibility index (Phi) is 6.14. The summed E-state index contributed by atoms with van der Waals surface area (Å²) in [6, 6.07) is 10.7. The quantitative estimate of drug-likeness (QED) is 0.483. The van der Waals surface area contributed by atoms with Gasteiger partial charge in [-0.05, 0) is 54.7 Å². The van der Waals surface area contributed by atoms with E-state index in [1.54, 1.807) is 48.6 Å². The smallest absolute Gasteiger partial charge is 0.250 e. The van der Waals surface area contributed by atoms with E-state index in [4.69, 9.17) is 21.4 Å². The Labute approximate surface area is 139 Å². The maximum absolute atomic E-state index is 11.7. The molecule has 1 heterocycles. The molecule has 2 aromatic rings. The lowest BCUT2D eigenvalue weighted by Crippen LogP contribution is -2.32. The van der Waals surface area contributed by atoms with Crippen LogP contribution in [0.4, 0.5) is 5.69 Å². The highest BCUT2D eigenvalue weighted by Gasteiger charge is 2.02. The minimum Gasteiger partial charge on any atom is -0.490 e.